The van der Waals surface area contributed by atoms with Gasteiger partial charge >= 0.3 is 0 Å². The SMILES string of the molecule is CCC(C)COCC(C)(CC)COCN.CCC(C)COCC(CC)(CC)COCN.CCC(C)COCC(CC)(COCN)COCC(N)CC. The largest absolute Gasteiger partial charge is 0.381 e. The van der Waals surface area contributed by atoms with Crippen LogP contribution in [0.4, 0.5) is 0 Å². The molecule has 0 saturated heterocycles. The van der Waals surface area contributed by atoms with Gasteiger partial charge in [-0.25, -0.2) is 0 Å². The van der Waals surface area contributed by atoms with E-state index >= 15 is 0 Å². The van der Waals surface area contributed by atoms with Crippen LogP contribution < -0.4 is 22.9 Å². The fraction of sp³-hybridized carbons (Fsp3) is 1.00. The molecule has 52 heavy (non-hydrogen) atoms. The Labute approximate surface area is 323 Å². The minimum atomic E-state index is -0.139. The second kappa shape index (κ2) is 36.2. The van der Waals surface area contributed by atoms with E-state index in [9.17, 15) is 0 Å². The lowest BCUT2D eigenvalue weighted by molar-refractivity contribution is -0.0765. The molecule has 0 aromatic rings. The summed E-state index contributed by atoms with van der Waals surface area (Å²) in [5.41, 5.74) is 22.2. The molecule has 0 aliphatic heterocycles. The monoisotopic (exact) mass is 753 g/mol. The average Bonchev–Trinajstić information content (AvgIpc) is 3.17. The third kappa shape index (κ3) is 29.9. The summed E-state index contributed by atoms with van der Waals surface area (Å²) in [7, 11) is 0. The van der Waals surface area contributed by atoms with Crippen LogP contribution in [0.2, 0.25) is 0 Å². The van der Waals surface area contributed by atoms with Crippen molar-refractivity contribution in [3.63, 3.8) is 0 Å². The van der Waals surface area contributed by atoms with E-state index in [2.05, 4.69) is 83.1 Å². The molecule has 6 atom stereocenters. The fourth-order valence-corrected chi connectivity index (χ4v) is 4.59. The van der Waals surface area contributed by atoms with Crippen LogP contribution in [-0.4, -0.2) is 98.9 Å². The summed E-state index contributed by atoms with van der Waals surface area (Å²) in [5.74, 6) is 1.85. The molecule has 0 fully saturated rings. The molecule has 0 spiro atoms. The molecule has 8 N–H and O–H groups in total. The topological polar surface area (TPSA) is 169 Å². The van der Waals surface area contributed by atoms with Gasteiger partial charge in [-0.15, -0.1) is 0 Å². The molecular weight excluding hydrogens is 660 g/mol. The van der Waals surface area contributed by atoms with Gasteiger partial charge in [0.2, 0.25) is 0 Å². The minimum absolute atomic E-state index is 0.0935. The number of hydrogen-bond acceptors (Lipinski definition) is 11. The number of hydrogen-bond donors (Lipinski definition) is 4. The van der Waals surface area contributed by atoms with Gasteiger partial charge in [0.25, 0.3) is 0 Å². The van der Waals surface area contributed by atoms with Gasteiger partial charge in [-0.05, 0) is 49.9 Å². The molecule has 0 bridgehead atoms. The quantitative estimate of drug-likeness (QED) is 0.0496. The van der Waals surface area contributed by atoms with Crippen LogP contribution in [0, 0.1) is 34.0 Å². The first-order chi connectivity index (χ1) is 24.7. The summed E-state index contributed by atoms with van der Waals surface area (Å²) in [6, 6.07) is 0.0935. The van der Waals surface area contributed by atoms with E-state index in [0.29, 0.717) is 70.9 Å². The maximum absolute atomic E-state index is 5.89. The maximum atomic E-state index is 5.89. The lowest BCUT2D eigenvalue weighted by Gasteiger charge is -2.32. The van der Waals surface area contributed by atoms with Gasteiger partial charge in [-0.1, -0.05) is 102 Å². The van der Waals surface area contributed by atoms with Crippen LogP contribution in [0.3, 0.4) is 0 Å². The van der Waals surface area contributed by atoms with Crippen molar-refractivity contribution in [1.82, 2.24) is 0 Å². The van der Waals surface area contributed by atoms with Crippen LogP contribution >= 0.6 is 0 Å². The summed E-state index contributed by atoms with van der Waals surface area (Å²) in [6.45, 7) is 34.7. The van der Waals surface area contributed by atoms with Crippen LogP contribution in [0.25, 0.3) is 0 Å². The van der Waals surface area contributed by atoms with Gasteiger partial charge in [0.05, 0.1) is 73.0 Å². The highest BCUT2D eigenvalue weighted by molar-refractivity contribution is 4.79. The van der Waals surface area contributed by atoms with Crippen molar-refractivity contribution in [2.24, 2.45) is 56.9 Å². The van der Waals surface area contributed by atoms with E-state index < -0.39 is 0 Å². The highest BCUT2D eigenvalue weighted by Crippen LogP contribution is 2.28. The molecular formula is C41H92N4O7. The lowest BCUT2D eigenvalue weighted by Crippen LogP contribution is -2.39. The molecule has 0 aromatic carbocycles. The molecule has 11 nitrogen and oxygen atoms in total. The maximum Gasteiger partial charge on any atom is 0.0940 e. The van der Waals surface area contributed by atoms with Crippen molar-refractivity contribution >= 4 is 0 Å². The van der Waals surface area contributed by atoms with Crippen molar-refractivity contribution in [3.05, 3.63) is 0 Å². The summed E-state index contributed by atoms with van der Waals surface area (Å²) in [4.78, 5) is 0. The van der Waals surface area contributed by atoms with E-state index in [1.807, 2.05) is 0 Å². The minimum Gasteiger partial charge on any atom is -0.381 e. The van der Waals surface area contributed by atoms with Crippen LogP contribution in [0.15, 0.2) is 0 Å². The molecule has 0 aliphatic rings. The second-order valence-corrected chi connectivity index (χ2v) is 15.5. The first kappa shape index (κ1) is 55.9. The van der Waals surface area contributed by atoms with E-state index in [1.165, 1.54) is 12.8 Å². The van der Waals surface area contributed by atoms with Gasteiger partial charge in [0, 0.05) is 42.1 Å². The highest BCUT2D eigenvalue weighted by atomic mass is 16.5. The zero-order valence-electron chi connectivity index (χ0n) is 36.5. The van der Waals surface area contributed by atoms with E-state index in [4.69, 9.17) is 56.1 Å². The average molecular weight is 753 g/mol. The van der Waals surface area contributed by atoms with Gasteiger partial charge < -0.3 is 56.1 Å². The molecule has 0 amide bonds. The Kier molecular flexibility index (Phi) is 38.9. The van der Waals surface area contributed by atoms with Gasteiger partial charge in [-0.3, -0.25) is 0 Å². The standard InChI is InChI=1S/C16H36N2O3.C13H29NO2.C12H27NO2/c1-5-14(4)8-19-10-16(7-3,12-21-13-17)11-20-9-15(18)6-2;1-5-12(4)8-15-9-13(6-2,7-3)10-16-11-14;1-5-11(3)7-14-8-12(4,6-2)9-15-10-13/h14-15H,5-13,17-18H2,1-4H3;12H,5-11,14H2,1-4H3;11H,5-10,13H2,1-4H3. The van der Waals surface area contributed by atoms with Gasteiger partial charge in [-0.2, -0.15) is 0 Å². The van der Waals surface area contributed by atoms with Crippen molar-refractivity contribution < 1.29 is 33.2 Å². The number of ether oxygens (including phenoxy) is 7. The summed E-state index contributed by atoms with van der Waals surface area (Å²) >= 11 is 0. The molecule has 6 unspecified atom stereocenters. The molecule has 0 aromatic heterocycles. The summed E-state index contributed by atoms with van der Waals surface area (Å²) in [6.07, 6.45) is 8.51. The van der Waals surface area contributed by atoms with Crippen molar-refractivity contribution in [2.45, 2.75) is 140 Å². The van der Waals surface area contributed by atoms with Crippen LogP contribution in [-0.2, 0) is 33.2 Å². The lowest BCUT2D eigenvalue weighted by atomic mass is 9.84. The Morgan fingerprint density at radius 3 is 1.06 bits per heavy atom. The molecule has 0 radical (unpaired) electrons. The van der Waals surface area contributed by atoms with Gasteiger partial charge in [0.1, 0.15) is 0 Å². The normalized spacial score (nSPS) is 16.4. The Morgan fingerprint density at radius 1 is 0.404 bits per heavy atom. The van der Waals surface area contributed by atoms with Crippen molar-refractivity contribution in [2.75, 3.05) is 92.9 Å². The smallest absolute Gasteiger partial charge is 0.0940 e. The Hall–Kier alpha value is -0.440. The molecule has 0 heterocycles. The van der Waals surface area contributed by atoms with Crippen LogP contribution in [0.5, 0.6) is 0 Å². The molecule has 0 saturated carbocycles. The summed E-state index contributed by atoms with van der Waals surface area (Å²) < 4.78 is 39.3. The number of rotatable bonds is 33. The molecule has 0 aliphatic carbocycles. The van der Waals surface area contributed by atoms with E-state index in [0.717, 1.165) is 71.6 Å². The van der Waals surface area contributed by atoms with E-state index in [-0.39, 0.29) is 29.0 Å². The zero-order chi connectivity index (χ0) is 40.3. The van der Waals surface area contributed by atoms with Crippen molar-refractivity contribution in [1.29, 1.82) is 0 Å². The first-order valence-electron chi connectivity index (χ1n) is 20.6. The molecule has 0 rings (SSSR count). The third-order valence-electron chi connectivity index (χ3n) is 10.6. The molecule has 318 valence electrons. The Morgan fingerprint density at radius 2 is 0.712 bits per heavy atom. The van der Waals surface area contributed by atoms with E-state index in [1.54, 1.807) is 0 Å². The number of nitrogens with two attached hydrogens (primary N) is 4. The molecule has 11 heteroatoms. The van der Waals surface area contributed by atoms with Gasteiger partial charge in [0.15, 0.2) is 0 Å². The Bertz CT molecular complexity index is 719. The highest BCUT2D eigenvalue weighted by Gasteiger charge is 2.30. The van der Waals surface area contributed by atoms with Crippen LogP contribution in [0.1, 0.15) is 134 Å². The predicted octanol–water partition coefficient (Wildman–Crippen LogP) is 7.32. The fourth-order valence-electron chi connectivity index (χ4n) is 4.59. The zero-order valence-corrected chi connectivity index (χ0v) is 36.5. The van der Waals surface area contributed by atoms with Crippen molar-refractivity contribution in [3.8, 4) is 0 Å². The summed E-state index contributed by atoms with van der Waals surface area (Å²) in [5, 5.41) is 0. The third-order valence-corrected chi connectivity index (χ3v) is 10.6. The second-order valence-electron chi connectivity index (χ2n) is 15.5. The predicted molar refractivity (Wildman–Crippen MR) is 219 cm³/mol. The Balaban J connectivity index is -0.000000706. The first-order valence-corrected chi connectivity index (χ1v) is 20.6.